The van der Waals surface area contributed by atoms with Gasteiger partial charge in [0.1, 0.15) is 5.84 Å². The summed E-state index contributed by atoms with van der Waals surface area (Å²) in [6.07, 6.45) is 1.83. The highest BCUT2D eigenvalue weighted by atomic mass is 79.9. The average Bonchev–Trinajstić information content (AvgIpc) is 2.86. The quantitative estimate of drug-likeness (QED) is 0.880. The minimum absolute atomic E-state index is 0.00120. The van der Waals surface area contributed by atoms with E-state index >= 15 is 0 Å². The van der Waals surface area contributed by atoms with E-state index in [1.165, 1.54) is 0 Å². The normalized spacial score (nSPS) is 20.0. The van der Waals surface area contributed by atoms with Crippen molar-refractivity contribution in [1.82, 2.24) is 4.57 Å². The van der Waals surface area contributed by atoms with Crippen LogP contribution in [0.15, 0.2) is 55.8 Å². The molecule has 0 bridgehead atoms. The number of amidine groups is 1. The van der Waals surface area contributed by atoms with Crippen LogP contribution in [0.5, 0.6) is 0 Å². The number of rotatable bonds is 3. The molecule has 2 N–H and O–H groups in total. The van der Waals surface area contributed by atoms with Gasteiger partial charge in [0.05, 0.1) is 5.71 Å². The summed E-state index contributed by atoms with van der Waals surface area (Å²) in [4.78, 5) is 21.7. The summed E-state index contributed by atoms with van der Waals surface area (Å²) in [6.45, 7) is 6.19. The number of hydrogen-bond acceptors (Lipinski definition) is 4. The summed E-state index contributed by atoms with van der Waals surface area (Å²) in [5, 5.41) is 0. The van der Waals surface area contributed by atoms with Crippen LogP contribution in [0.2, 0.25) is 0 Å². The SMILES string of the molecule is CCn1cc(C2(c3cccc(Br)c3)N=C(C)C(N)=N2)cc(C)c1=O. The molecule has 0 radical (unpaired) electrons. The Labute approximate surface area is 149 Å². The number of hydrogen-bond donors (Lipinski definition) is 1. The fourth-order valence-electron chi connectivity index (χ4n) is 2.92. The van der Waals surface area contributed by atoms with Crippen LogP contribution in [0.3, 0.4) is 0 Å². The molecule has 0 saturated carbocycles. The standard InChI is InChI=1S/C18H19BrN4O/c1-4-23-10-14(8-11(2)17(23)24)18(21-12(3)16(20)22-18)13-6-5-7-15(19)9-13/h5-10H,4H2,1-3H3,(H2,20,22). The number of aliphatic imine (C=N–C) groups is 2. The second kappa shape index (κ2) is 6.02. The summed E-state index contributed by atoms with van der Waals surface area (Å²) in [7, 11) is 0. The molecule has 24 heavy (non-hydrogen) atoms. The molecule has 1 aromatic heterocycles. The zero-order chi connectivity index (χ0) is 17.5. The van der Waals surface area contributed by atoms with Crippen LogP contribution >= 0.6 is 15.9 Å². The molecule has 0 amide bonds. The van der Waals surface area contributed by atoms with Crippen molar-refractivity contribution < 1.29 is 0 Å². The predicted octanol–water partition coefficient (Wildman–Crippen LogP) is 2.97. The first-order valence-electron chi connectivity index (χ1n) is 7.77. The van der Waals surface area contributed by atoms with Gasteiger partial charge in [0.25, 0.3) is 5.56 Å². The van der Waals surface area contributed by atoms with Crippen molar-refractivity contribution in [3.63, 3.8) is 0 Å². The molecule has 3 rings (SSSR count). The first kappa shape index (κ1) is 16.6. The van der Waals surface area contributed by atoms with Gasteiger partial charge in [0.2, 0.25) is 5.66 Å². The number of benzene rings is 1. The number of nitrogens with zero attached hydrogens (tertiary/aromatic N) is 3. The van der Waals surface area contributed by atoms with Gasteiger partial charge in [0, 0.05) is 33.9 Å². The van der Waals surface area contributed by atoms with E-state index < -0.39 is 5.66 Å². The monoisotopic (exact) mass is 386 g/mol. The highest BCUT2D eigenvalue weighted by Crippen LogP contribution is 2.39. The minimum Gasteiger partial charge on any atom is -0.382 e. The highest BCUT2D eigenvalue weighted by molar-refractivity contribution is 9.10. The van der Waals surface area contributed by atoms with Crippen LogP contribution in [0.1, 0.15) is 30.5 Å². The lowest BCUT2D eigenvalue weighted by molar-refractivity contribution is 0.571. The van der Waals surface area contributed by atoms with Gasteiger partial charge in [-0.25, -0.2) is 9.98 Å². The van der Waals surface area contributed by atoms with E-state index in [4.69, 9.17) is 10.7 Å². The van der Waals surface area contributed by atoms with E-state index in [0.717, 1.165) is 15.6 Å². The number of halogens is 1. The van der Waals surface area contributed by atoms with Gasteiger partial charge < -0.3 is 10.3 Å². The lowest BCUT2D eigenvalue weighted by Gasteiger charge is -2.25. The molecule has 1 aliphatic rings. The second-order valence-corrected chi connectivity index (χ2v) is 6.80. The molecule has 1 atom stereocenters. The molecule has 0 spiro atoms. The lowest BCUT2D eigenvalue weighted by Crippen LogP contribution is -2.28. The Hall–Kier alpha value is -2.21. The molecule has 2 aromatic rings. The lowest BCUT2D eigenvalue weighted by atomic mass is 9.92. The second-order valence-electron chi connectivity index (χ2n) is 5.88. The Morgan fingerprint density at radius 2 is 1.96 bits per heavy atom. The third-order valence-corrected chi connectivity index (χ3v) is 4.71. The Kier molecular flexibility index (Phi) is 4.17. The van der Waals surface area contributed by atoms with Crippen LogP contribution in [0.25, 0.3) is 0 Å². The van der Waals surface area contributed by atoms with Gasteiger partial charge in [-0.05, 0) is 39.0 Å². The molecular formula is C18H19BrN4O. The summed E-state index contributed by atoms with van der Waals surface area (Å²) >= 11 is 3.51. The number of nitrogens with two attached hydrogens (primary N) is 1. The number of pyridine rings is 1. The minimum atomic E-state index is -0.951. The maximum atomic E-state index is 12.2. The van der Waals surface area contributed by atoms with E-state index in [0.29, 0.717) is 23.7 Å². The molecule has 0 fully saturated rings. The highest BCUT2D eigenvalue weighted by Gasteiger charge is 2.39. The van der Waals surface area contributed by atoms with Crippen molar-refractivity contribution in [3.05, 3.63) is 68.0 Å². The molecule has 1 aromatic carbocycles. The maximum absolute atomic E-state index is 12.2. The third-order valence-electron chi connectivity index (χ3n) is 4.22. The predicted molar refractivity (Wildman–Crippen MR) is 101 cm³/mol. The zero-order valence-corrected chi connectivity index (χ0v) is 15.5. The smallest absolute Gasteiger partial charge is 0.253 e. The van der Waals surface area contributed by atoms with E-state index in [9.17, 15) is 4.79 Å². The molecule has 0 aliphatic carbocycles. The largest absolute Gasteiger partial charge is 0.382 e. The van der Waals surface area contributed by atoms with Gasteiger partial charge in [0.15, 0.2) is 0 Å². The molecular weight excluding hydrogens is 368 g/mol. The van der Waals surface area contributed by atoms with E-state index in [1.807, 2.05) is 57.3 Å². The molecule has 1 aliphatic heterocycles. The van der Waals surface area contributed by atoms with Crippen molar-refractivity contribution in [2.24, 2.45) is 15.7 Å². The molecule has 6 heteroatoms. The first-order valence-corrected chi connectivity index (χ1v) is 8.56. The Balaban J connectivity index is 2.33. The summed E-state index contributed by atoms with van der Waals surface area (Å²) < 4.78 is 2.62. The van der Waals surface area contributed by atoms with Gasteiger partial charge in [-0.1, -0.05) is 28.1 Å². The van der Waals surface area contributed by atoms with Crippen molar-refractivity contribution in [2.75, 3.05) is 0 Å². The van der Waals surface area contributed by atoms with Crippen LogP contribution in [0, 0.1) is 6.92 Å². The third kappa shape index (κ3) is 2.60. The molecule has 5 nitrogen and oxygen atoms in total. The molecule has 1 unspecified atom stereocenters. The summed E-state index contributed by atoms with van der Waals surface area (Å²) in [6, 6.07) is 9.71. The van der Waals surface area contributed by atoms with Crippen LogP contribution in [-0.4, -0.2) is 16.1 Å². The van der Waals surface area contributed by atoms with Gasteiger partial charge in [-0.2, -0.15) is 0 Å². The van der Waals surface area contributed by atoms with Gasteiger partial charge in [-0.15, -0.1) is 0 Å². The van der Waals surface area contributed by atoms with E-state index in [-0.39, 0.29) is 5.56 Å². The zero-order valence-electron chi connectivity index (χ0n) is 13.9. The van der Waals surface area contributed by atoms with Crippen LogP contribution in [-0.2, 0) is 12.2 Å². The van der Waals surface area contributed by atoms with Crippen LogP contribution < -0.4 is 11.3 Å². The molecule has 2 heterocycles. The molecule has 124 valence electrons. The first-order chi connectivity index (χ1) is 11.4. The Bertz CT molecular complexity index is 909. The van der Waals surface area contributed by atoms with Crippen molar-refractivity contribution in [2.45, 2.75) is 33.0 Å². The van der Waals surface area contributed by atoms with E-state index in [2.05, 4.69) is 20.9 Å². The van der Waals surface area contributed by atoms with E-state index in [1.54, 1.807) is 4.57 Å². The van der Waals surface area contributed by atoms with Crippen molar-refractivity contribution in [3.8, 4) is 0 Å². The summed E-state index contributed by atoms with van der Waals surface area (Å²) in [5.41, 5.74) is 8.19. The van der Waals surface area contributed by atoms with Gasteiger partial charge >= 0.3 is 0 Å². The fraction of sp³-hybridized carbons (Fsp3) is 0.278. The van der Waals surface area contributed by atoms with Crippen LogP contribution in [0.4, 0.5) is 0 Å². The van der Waals surface area contributed by atoms with Crippen molar-refractivity contribution >= 4 is 27.5 Å². The fourth-order valence-corrected chi connectivity index (χ4v) is 3.32. The number of aromatic nitrogens is 1. The molecule has 0 saturated heterocycles. The number of aryl methyl sites for hydroxylation is 2. The van der Waals surface area contributed by atoms with Gasteiger partial charge in [-0.3, -0.25) is 4.79 Å². The topological polar surface area (TPSA) is 72.7 Å². The average molecular weight is 387 g/mol. The Morgan fingerprint density at radius 3 is 2.54 bits per heavy atom. The maximum Gasteiger partial charge on any atom is 0.253 e. The Morgan fingerprint density at radius 1 is 1.21 bits per heavy atom. The van der Waals surface area contributed by atoms with Crippen molar-refractivity contribution in [1.29, 1.82) is 0 Å². The summed E-state index contributed by atoms with van der Waals surface area (Å²) in [5.74, 6) is 0.418.